The summed E-state index contributed by atoms with van der Waals surface area (Å²) < 4.78 is 4.88. The van der Waals surface area contributed by atoms with Crippen LogP contribution in [0.4, 0.5) is 4.79 Å². The highest BCUT2D eigenvalue weighted by Gasteiger charge is 2.22. The molecule has 0 atom stereocenters. The molecule has 0 bridgehead atoms. The van der Waals surface area contributed by atoms with Gasteiger partial charge >= 0.3 is 6.09 Å². The Morgan fingerprint density at radius 1 is 1.58 bits per heavy atom. The molecule has 1 rings (SSSR count). The van der Waals surface area contributed by atoms with Crippen molar-refractivity contribution in [3.63, 3.8) is 0 Å². The van der Waals surface area contributed by atoms with E-state index in [4.69, 9.17) is 4.74 Å². The summed E-state index contributed by atoms with van der Waals surface area (Å²) in [7, 11) is 0. The van der Waals surface area contributed by atoms with Crippen LogP contribution in [0.3, 0.4) is 0 Å². The predicted molar refractivity (Wildman–Crippen MR) is 44.5 cm³/mol. The van der Waals surface area contributed by atoms with E-state index < -0.39 is 0 Å². The van der Waals surface area contributed by atoms with Crippen LogP contribution in [0, 0.1) is 0 Å². The van der Waals surface area contributed by atoms with Crippen molar-refractivity contribution in [2.24, 2.45) is 0 Å². The monoisotopic (exact) mass is 173 g/mol. The zero-order chi connectivity index (χ0) is 8.97. The number of carbonyl (C=O) groups is 1. The Kier molecular flexibility index (Phi) is 3.34. The molecule has 0 aromatic rings. The van der Waals surface area contributed by atoms with Crippen LogP contribution in [0.1, 0.15) is 19.8 Å². The van der Waals surface area contributed by atoms with Gasteiger partial charge in [-0.05, 0) is 6.92 Å². The summed E-state index contributed by atoms with van der Waals surface area (Å²) in [6.45, 7) is 3.88. The molecule has 0 unspecified atom stereocenters. The lowest BCUT2D eigenvalue weighted by atomic mass is 10.1. The first-order valence-corrected chi connectivity index (χ1v) is 4.48. The Labute approximate surface area is 72.7 Å². The molecule has 1 aliphatic heterocycles. The number of likely N-dealkylation sites (tertiary alicyclic amines) is 1. The van der Waals surface area contributed by atoms with E-state index in [0.29, 0.717) is 12.6 Å². The fourth-order valence-electron chi connectivity index (χ4n) is 1.33. The van der Waals surface area contributed by atoms with Crippen LogP contribution in [-0.2, 0) is 4.74 Å². The molecule has 1 fully saturated rings. The van der Waals surface area contributed by atoms with Crippen LogP contribution in [0.5, 0.6) is 0 Å². The number of quaternary nitrogens is 1. The molecular formula is C8H17N2O2+. The van der Waals surface area contributed by atoms with Gasteiger partial charge in [-0.25, -0.2) is 4.79 Å². The summed E-state index contributed by atoms with van der Waals surface area (Å²) in [6.07, 6.45) is 1.82. The fourth-order valence-corrected chi connectivity index (χ4v) is 1.33. The maximum atomic E-state index is 11.2. The maximum Gasteiger partial charge on any atom is 0.409 e. The Balaban J connectivity index is 2.29. The van der Waals surface area contributed by atoms with Gasteiger partial charge in [-0.3, -0.25) is 0 Å². The minimum Gasteiger partial charge on any atom is -0.450 e. The van der Waals surface area contributed by atoms with Gasteiger partial charge in [0.1, 0.15) is 0 Å². The lowest BCUT2D eigenvalue weighted by Crippen LogP contribution is -2.64. The highest BCUT2D eigenvalue weighted by molar-refractivity contribution is 5.67. The number of ether oxygens (including phenoxy) is 1. The summed E-state index contributed by atoms with van der Waals surface area (Å²) in [6, 6.07) is 0.510. The van der Waals surface area contributed by atoms with Crippen LogP contribution >= 0.6 is 0 Å². The first kappa shape index (κ1) is 9.32. The molecule has 1 heterocycles. The standard InChI is InChI=1S/C8H16N2O2/c1-2-12-8(11)10-5-3-7(9)4-6-10/h7H,2-6,9H2,1H3/p+1. The van der Waals surface area contributed by atoms with Crippen molar-refractivity contribution < 1.29 is 15.3 Å². The number of piperidine rings is 1. The zero-order valence-electron chi connectivity index (χ0n) is 7.58. The summed E-state index contributed by atoms with van der Waals surface area (Å²) in [5.41, 5.74) is 3.96. The molecule has 70 valence electrons. The van der Waals surface area contributed by atoms with Gasteiger partial charge in [-0.15, -0.1) is 0 Å². The second-order valence-corrected chi connectivity index (χ2v) is 3.13. The molecular weight excluding hydrogens is 156 g/mol. The second-order valence-electron chi connectivity index (χ2n) is 3.13. The summed E-state index contributed by atoms with van der Waals surface area (Å²) >= 11 is 0. The van der Waals surface area contributed by atoms with Crippen molar-refractivity contribution in [3.8, 4) is 0 Å². The van der Waals surface area contributed by atoms with Gasteiger partial charge < -0.3 is 15.4 Å². The first-order chi connectivity index (χ1) is 5.74. The summed E-state index contributed by atoms with van der Waals surface area (Å²) in [5, 5.41) is 0. The number of nitrogens with zero attached hydrogens (tertiary/aromatic N) is 1. The minimum absolute atomic E-state index is 0.176. The average molecular weight is 173 g/mol. The van der Waals surface area contributed by atoms with E-state index in [1.807, 2.05) is 6.92 Å². The number of hydrogen-bond donors (Lipinski definition) is 1. The molecule has 0 spiro atoms. The number of amides is 1. The van der Waals surface area contributed by atoms with Crippen molar-refractivity contribution in [1.29, 1.82) is 0 Å². The maximum absolute atomic E-state index is 11.2. The largest absolute Gasteiger partial charge is 0.450 e. The fraction of sp³-hybridized carbons (Fsp3) is 0.875. The van der Waals surface area contributed by atoms with Crippen LogP contribution in [-0.4, -0.2) is 36.7 Å². The Morgan fingerprint density at radius 2 is 2.17 bits per heavy atom. The van der Waals surface area contributed by atoms with Crippen LogP contribution in [0.15, 0.2) is 0 Å². The molecule has 12 heavy (non-hydrogen) atoms. The van der Waals surface area contributed by atoms with Gasteiger partial charge in [0.25, 0.3) is 0 Å². The number of carbonyl (C=O) groups excluding carboxylic acids is 1. The molecule has 1 amide bonds. The third kappa shape index (κ3) is 2.37. The predicted octanol–water partition coefficient (Wildman–Crippen LogP) is -0.151. The molecule has 1 aliphatic rings. The van der Waals surface area contributed by atoms with Crippen molar-refractivity contribution in [2.75, 3.05) is 19.7 Å². The molecule has 0 radical (unpaired) electrons. The van der Waals surface area contributed by atoms with Gasteiger partial charge in [-0.1, -0.05) is 0 Å². The Bertz CT molecular complexity index is 153. The number of hydrogen-bond acceptors (Lipinski definition) is 2. The van der Waals surface area contributed by atoms with Gasteiger partial charge in [-0.2, -0.15) is 0 Å². The van der Waals surface area contributed by atoms with E-state index in [1.165, 1.54) is 0 Å². The molecule has 4 nitrogen and oxygen atoms in total. The first-order valence-electron chi connectivity index (χ1n) is 4.48. The molecule has 3 N–H and O–H groups in total. The smallest absolute Gasteiger partial charge is 0.409 e. The van der Waals surface area contributed by atoms with Crippen molar-refractivity contribution in [1.82, 2.24) is 4.90 Å². The Hall–Kier alpha value is -0.770. The zero-order valence-corrected chi connectivity index (χ0v) is 7.58. The second kappa shape index (κ2) is 4.30. The van der Waals surface area contributed by atoms with Crippen LogP contribution in [0.25, 0.3) is 0 Å². The minimum atomic E-state index is -0.176. The molecule has 0 aliphatic carbocycles. The molecule has 4 heteroatoms. The van der Waals surface area contributed by atoms with Crippen LogP contribution in [0.2, 0.25) is 0 Å². The van der Waals surface area contributed by atoms with Crippen molar-refractivity contribution in [2.45, 2.75) is 25.8 Å². The van der Waals surface area contributed by atoms with E-state index in [2.05, 4.69) is 5.73 Å². The number of rotatable bonds is 1. The van der Waals surface area contributed by atoms with E-state index in [1.54, 1.807) is 4.90 Å². The van der Waals surface area contributed by atoms with E-state index in [-0.39, 0.29) is 6.09 Å². The van der Waals surface area contributed by atoms with Gasteiger partial charge in [0.2, 0.25) is 0 Å². The molecule has 0 aromatic heterocycles. The topological polar surface area (TPSA) is 57.2 Å². The lowest BCUT2D eigenvalue weighted by molar-refractivity contribution is -0.425. The van der Waals surface area contributed by atoms with Gasteiger partial charge in [0.05, 0.1) is 12.6 Å². The molecule has 0 saturated carbocycles. The SMILES string of the molecule is CCOC(=O)N1CCC([NH3+])CC1. The normalized spacial score (nSPS) is 19.3. The highest BCUT2D eigenvalue weighted by Crippen LogP contribution is 2.07. The van der Waals surface area contributed by atoms with Gasteiger partial charge in [0, 0.05) is 25.9 Å². The van der Waals surface area contributed by atoms with Crippen molar-refractivity contribution >= 4 is 6.09 Å². The average Bonchev–Trinajstić information content (AvgIpc) is 2.06. The van der Waals surface area contributed by atoms with E-state index in [0.717, 1.165) is 25.9 Å². The molecule has 1 saturated heterocycles. The lowest BCUT2D eigenvalue weighted by Gasteiger charge is -2.27. The van der Waals surface area contributed by atoms with E-state index in [9.17, 15) is 4.79 Å². The van der Waals surface area contributed by atoms with E-state index >= 15 is 0 Å². The summed E-state index contributed by atoms with van der Waals surface area (Å²) in [4.78, 5) is 12.9. The van der Waals surface area contributed by atoms with Crippen molar-refractivity contribution in [3.05, 3.63) is 0 Å². The van der Waals surface area contributed by atoms with Gasteiger partial charge in [0.15, 0.2) is 0 Å². The third-order valence-corrected chi connectivity index (χ3v) is 2.14. The summed E-state index contributed by atoms with van der Waals surface area (Å²) in [5.74, 6) is 0. The quantitative estimate of drug-likeness (QED) is 0.599. The Morgan fingerprint density at radius 3 is 2.67 bits per heavy atom. The third-order valence-electron chi connectivity index (χ3n) is 2.14. The highest BCUT2D eigenvalue weighted by atomic mass is 16.6. The molecule has 0 aromatic carbocycles. The van der Waals surface area contributed by atoms with Crippen LogP contribution < -0.4 is 5.73 Å².